The van der Waals surface area contributed by atoms with Crippen molar-refractivity contribution in [3.63, 3.8) is 0 Å². The summed E-state index contributed by atoms with van der Waals surface area (Å²) in [5, 5.41) is 0. The van der Waals surface area contributed by atoms with Crippen LogP contribution in [0.25, 0.3) is 0 Å². The lowest BCUT2D eigenvalue weighted by Gasteiger charge is -2.17. The third-order valence-corrected chi connectivity index (χ3v) is 1.50. The normalized spacial score (nSPS) is 11.5. The molecule has 0 aromatic carbocycles. The topological polar surface area (TPSA) is 54.0 Å². The molecule has 13 heavy (non-hydrogen) atoms. The molecule has 0 aliphatic rings. The first-order valence-corrected chi connectivity index (χ1v) is 4.18. The minimum absolute atomic E-state index is 0. The van der Waals surface area contributed by atoms with E-state index in [1.54, 1.807) is 0 Å². The average Bonchev–Trinajstić information content (AvgIpc) is 2.03. The van der Waals surface area contributed by atoms with Crippen LogP contribution in [0.5, 0.6) is 0 Å². The van der Waals surface area contributed by atoms with Crippen LogP contribution in [-0.2, 0) is 0 Å². The Morgan fingerprint density at radius 1 is 1.38 bits per heavy atom. The number of nitrogens with zero attached hydrogens (tertiary/aromatic N) is 3. The Morgan fingerprint density at radius 2 is 2.00 bits per heavy atom. The van der Waals surface area contributed by atoms with Gasteiger partial charge in [0.05, 0.1) is 18.7 Å². The molecule has 0 aromatic rings. The van der Waals surface area contributed by atoms with E-state index in [0.29, 0.717) is 6.54 Å². The predicted octanol–water partition coefficient (Wildman–Crippen LogP) is 0.839. The molecule has 4 nitrogen and oxygen atoms in total. The number of rotatable bonds is 5. The second kappa shape index (κ2) is 9.68. The van der Waals surface area contributed by atoms with Gasteiger partial charge in [0.1, 0.15) is 0 Å². The first kappa shape index (κ1) is 15.1. The maximum atomic E-state index is 5.74. The number of hydrogen-bond donors (Lipinski definition) is 1. The van der Waals surface area contributed by atoms with Crippen LogP contribution >= 0.6 is 12.4 Å². The van der Waals surface area contributed by atoms with E-state index >= 15 is 0 Å². The third kappa shape index (κ3) is 9.50. The van der Waals surface area contributed by atoms with Crippen molar-refractivity contribution in [2.75, 3.05) is 27.2 Å². The van der Waals surface area contributed by atoms with Gasteiger partial charge in [-0.25, -0.2) is 9.98 Å². The van der Waals surface area contributed by atoms with E-state index in [9.17, 15) is 0 Å². The van der Waals surface area contributed by atoms with Crippen LogP contribution in [0, 0.1) is 0 Å². The molecule has 0 aromatic heterocycles. The molecule has 78 valence electrons. The lowest BCUT2D eigenvalue weighted by molar-refractivity contribution is 0.289. The van der Waals surface area contributed by atoms with Gasteiger partial charge < -0.3 is 5.73 Å². The molecule has 0 amide bonds. The molecule has 1 unspecified atom stereocenters. The predicted molar refractivity (Wildman–Crippen MR) is 58.8 cm³/mol. The van der Waals surface area contributed by atoms with Gasteiger partial charge >= 0.3 is 0 Å². The van der Waals surface area contributed by atoms with E-state index in [0.717, 1.165) is 13.0 Å². The Hall–Kier alpha value is -0.410. The highest BCUT2D eigenvalue weighted by molar-refractivity contribution is 5.85. The molecule has 0 radical (unpaired) electrons. The first-order chi connectivity index (χ1) is 5.68. The highest BCUT2D eigenvalue weighted by atomic mass is 35.5. The van der Waals surface area contributed by atoms with Crippen molar-refractivity contribution in [3.8, 4) is 0 Å². The number of halogens is 1. The molecule has 0 rings (SSSR count). The molecular weight excluding hydrogens is 188 g/mol. The Kier molecular flexibility index (Phi) is 11.2. The highest BCUT2D eigenvalue weighted by Crippen LogP contribution is 1.90. The van der Waals surface area contributed by atoms with Gasteiger partial charge in [0, 0.05) is 6.54 Å². The highest BCUT2D eigenvalue weighted by Gasteiger charge is 2.01. The van der Waals surface area contributed by atoms with Crippen molar-refractivity contribution in [1.82, 2.24) is 4.90 Å². The molecular formula is C8H19ClN4. The molecule has 0 saturated heterocycles. The summed E-state index contributed by atoms with van der Waals surface area (Å²) in [6.07, 6.45) is 0.927. The monoisotopic (exact) mass is 206 g/mol. The maximum absolute atomic E-state index is 5.74. The molecule has 0 spiro atoms. The van der Waals surface area contributed by atoms with Crippen LogP contribution in [0.4, 0.5) is 0 Å². The van der Waals surface area contributed by atoms with Crippen LogP contribution in [0.3, 0.4) is 0 Å². The summed E-state index contributed by atoms with van der Waals surface area (Å²) >= 11 is 0. The molecule has 2 N–H and O–H groups in total. The fourth-order valence-electron chi connectivity index (χ4n) is 0.626. The van der Waals surface area contributed by atoms with E-state index in [4.69, 9.17) is 5.73 Å². The van der Waals surface area contributed by atoms with Crippen molar-refractivity contribution in [3.05, 3.63) is 0 Å². The lowest BCUT2D eigenvalue weighted by atomic mass is 10.3. The standard InChI is InChI=1S/C8H18N4.ClH/c1-4-10-7-11-6-5-8(9)12(2)3;/h8H,4-6,9H2,1-3H3;1H. The Bertz CT molecular complexity index is 164. The quantitative estimate of drug-likeness (QED) is 0.536. The molecule has 0 aliphatic carbocycles. The minimum Gasteiger partial charge on any atom is -0.316 e. The fraction of sp³-hybridized carbons (Fsp3) is 0.875. The molecule has 0 heterocycles. The van der Waals surface area contributed by atoms with Gasteiger partial charge in [0.2, 0.25) is 0 Å². The van der Waals surface area contributed by atoms with Gasteiger partial charge in [-0.2, -0.15) is 0 Å². The Balaban J connectivity index is 0. The number of hydrogen-bond acceptors (Lipinski definition) is 4. The second-order valence-electron chi connectivity index (χ2n) is 2.78. The lowest BCUT2D eigenvalue weighted by Crippen LogP contribution is -2.36. The van der Waals surface area contributed by atoms with Gasteiger partial charge in [0.15, 0.2) is 0 Å². The average molecular weight is 207 g/mol. The summed E-state index contributed by atoms with van der Waals surface area (Å²) in [7, 11) is 3.91. The molecule has 0 fully saturated rings. The summed E-state index contributed by atoms with van der Waals surface area (Å²) in [4.78, 5) is 9.77. The van der Waals surface area contributed by atoms with Crippen LogP contribution in [-0.4, -0.2) is 44.3 Å². The zero-order valence-electron chi connectivity index (χ0n) is 8.53. The summed E-state index contributed by atoms with van der Waals surface area (Å²) < 4.78 is 0. The van der Waals surface area contributed by atoms with Gasteiger partial charge in [-0.15, -0.1) is 12.4 Å². The fourth-order valence-corrected chi connectivity index (χ4v) is 0.626. The van der Waals surface area contributed by atoms with Crippen LogP contribution < -0.4 is 5.73 Å². The van der Waals surface area contributed by atoms with Crippen LogP contribution in [0.15, 0.2) is 9.98 Å². The van der Waals surface area contributed by atoms with E-state index < -0.39 is 0 Å². The number of aliphatic imine (C=N–C) groups is 2. The second-order valence-corrected chi connectivity index (χ2v) is 2.78. The summed E-state index contributed by atoms with van der Waals surface area (Å²) in [5.41, 5.74) is 5.74. The summed E-state index contributed by atoms with van der Waals surface area (Å²) in [5.74, 6) is 0. The van der Waals surface area contributed by atoms with Crippen LogP contribution in [0.2, 0.25) is 0 Å². The molecule has 5 heteroatoms. The van der Waals surface area contributed by atoms with Crippen molar-refractivity contribution < 1.29 is 0 Å². The van der Waals surface area contributed by atoms with E-state index in [-0.39, 0.29) is 18.6 Å². The van der Waals surface area contributed by atoms with Gasteiger partial charge in [-0.3, -0.25) is 4.90 Å². The SMILES string of the molecule is CCN=C=NCCC(N)N(C)C.Cl. The number of nitrogens with two attached hydrogens (primary N) is 1. The van der Waals surface area contributed by atoms with Gasteiger partial charge in [0.25, 0.3) is 0 Å². The summed E-state index contributed by atoms with van der Waals surface area (Å²) in [6, 6.07) is 2.61. The third-order valence-electron chi connectivity index (χ3n) is 1.50. The largest absolute Gasteiger partial charge is 0.316 e. The molecule has 0 saturated carbocycles. The van der Waals surface area contributed by atoms with Crippen molar-refractivity contribution >= 4 is 18.4 Å². The van der Waals surface area contributed by atoms with Gasteiger partial charge in [-0.05, 0) is 27.4 Å². The smallest absolute Gasteiger partial charge is 0.0892 e. The zero-order valence-corrected chi connectivity index (χ0v) is 9.34. The Morgan fingerprint density at radius 3 is 2.46 bits per heavy atom. The van der Waals surface area contributed by atoms with Crippen molar-refractivity contribution in [2.45, 2.75) is 19.5 Å². The van der Waals surface area contributed by atoms with Crippen molar-refractivity contribution in [1.29, 1.82) is 0 Å². The van der Waals surface area contributed by atoms with Crippen molar-refractivity contribution in [2.24, 2.45) is 15.7 Å². The molecule has 0 bridgehead atoms. The summed E-state index contributed by atoms with van der Waals surface area (Å²) in [6.45, 7) is 3.39. The Labute approximate surface area is 86.3 Å². The maximum Gasteiger partial charge on any atom is 0.0892 e. The molecule has 0 aliphatic heterocycles. The minimum atomic E-state index is 0. The van der Waals surface area contributed by atoms with E-state index in [1.165, 1.54) is 0 Å². The zero-order chi connectivity index (χ0) is 9.40. The van der Waals surface area contributed by atoms with E-state index in [1.807, 2.05) is 25.9 Å². The van der Waals surface area contributed by atoms with E-state index in [2.05, 4.69) is 16.0 Å². The first-order valence-electron chi connectivity index (χ1n) is 4.18. The van der Waals surface area contributed by atoms with Crippen LogP contribution in [0.1, 0.15) is 13.3 Å². The molecule has 1 atom stereocenters. The van der Waals surface area contributed by atoms with Gasteiger partial charge in [-0.1, -0.05) is 0 Å².